The molecule has 0 bridgehead atoms. The van der Waals surface area contributed by atoms with Gasteiger partial charge >= 0.3 is 0 Å². The van der Waals surface area contributed by atoms with Crippen molar-refractivity contribution < 1.29 is 0 Å². The molecule has 0 amide bonds. The van der Waals surface area contributed by atoms with Crippen LogP contribution in [0, 0.1) is 0 Å². The van der Waals surface area contributed by atoms with Crippen LogP contribution in [-0.2, 0) is 0 Å². The molecule has 0 atom stereocenters. The minimum Gasteiger partial charge on any atom is -0.399 e. The van der Waals surface area contributed by atoms with E-state index in [1.807, 2.05) is 65.7 Å². The van der Waals surface area contributed by atoms with Crippen molar-refractivity contribution in [3.63, 3.8) is 0 Å². The minimum atomic E-state index is 0.573. The van der Waals surface area contributed by atoms with E-state index in [1.54, 1.807) is 0 Å². The van der Waals surface area contributed by atoms with Crippen LogP contribution in [0.2, 0.25) is 0 Å². The third kappa shape index (κ3) is 2.49. The van der Waals surface area contributed by atoms with Crippen molar-refractivity contribution >= 4 is 22.8 Å². The maximum atomic E-state index is 5.80. The molecule has 2 aromatic carbocycles. The Hall–Kier alpha value is -2.75. The van der Waals surface area contributed by atoms with Crippen molar-refractivity contribution in [3.05, 3.63) is 66.4 Å². The summed E-state index contributed by atoms with van der Waals surface area (Å²) in [5, 5.41) is 0. The third-order valence-electron chi connectivity index (χ3n) is 3.19. The average Bonchev–Trinajstić information content (AvgIpc) is 2.47. The average molecular weight is 264 g/mol. The zero-order valence-corrected chi connectivity index (χ0v) is 11.0. The Morgan fingerprint density at radius 3 is 2.35 bits per heavy atom. The van der Waals surface area contributed by atoms with Crippen LogP contribution in [-0.4, -0.2) is 12.4 Å². The van der Waals surface area contributed by atoms with Gasteiger partial charge in [-0.25, -0.2) is 0 Å². The number of rotatable bonds is 2. The molecule has 1 heterocycles. The van der Waals surface area contributed by atoms with Gasteiger partial charge in [-0.3, -0.25) is 4.99 Å². The van der Waals surface area contributed by atoms with Crippen LogP contribution in [0.15, 0.2) is 65.8 Å². The summed E-state index contributed by atoms with van der Waals surface area (Å²) in [7, 11) is 0. The standard InChI is InChI=1S/C16H16N4/c17-13-4-1-3-12(9-13)16-7-8-20(11-19-16)15-6-2-5-14(18)10-15/h1-10H,11,17-18H2. The highest BCUT2D eigenvalue weighted by molar-refractivity contribution is 6.09. The molecule has 1 aliphatic rings. The zero-order valence-electron chi connectivity index (χ0n) is 11.0. The second-order valence-electron chi connectivity index (χ2n) is 4.69. The molecule has 0 saturated carbocycles. The molecule has 0 spiro atoms. The molecular formula is C16H16N4. The first kappa shape index (κ1) is 12.3. The molecule has 0 saturated heterocycles. The van der Waals surface area contributed by atoms with Crippen LogP contribution < -0.4 is 16.4 Å². The van der Waals surface area contributed by atoms with E-state index in [4.69, 9.17) is 11.5 Å². The number of benzene rings is 2. The Bertz CT molecular complexity index is 688. The Morgan fingerprint density at radius 2 is 1.70 bits per heavy atom. The van der Waals surface area contributed by atoms with Gasteiger partial charge in [0, 0.05) is 28.8 Å². The SMILES string of the molecule is Nc1cccc(C2=NCN(c3cccc(N)c3)C=C2)c1. The molecule has 0 radical (unpaired) electrons. The maximum Gasteiger partial charge on any atom is 0.115 e. The molecule has 20 heavy (non-hydrogen) atoms. The monoisotopic (exact) mass is 264 g/mol. The molecule has 3 rings (SSSR count). The Labute approximate surface area is 118 Å². The number of nitrogens with two attached hydrogens (primary N) is 2. The summed E-state index contributed by atoms with van der Waals surface area (Å²) in [6.07, 6.45) is 4.00. The number of hydrogen-bond donors (Lipinski definition) is 2. The summed E-state index contributed by atoms with van der Waals surface area (Å²) >= 11 is 0. The van der Waals surface area contributed by atoms with Gasteiger partial charge in [-0.05, 0) is 36.4 Å². The maximum absolute atomic E-state index is 5.80. The predicted octanol–water partition coefficient (Wildman–Crippen LogP) is 2.63. The lowest BCUT2D eigenvalue weighted by molar-refractivity contribution is 0.964. The summed E-state index contributed by atoms with van der Waals surface area (Å²) in [6.45, 7) is 0.573. The van der Waals surface area contributed by atoms with Gasteiger partial charge in [0.05, 0.1) is 5.71 Å². The second-order valence-corrected chi connectivity index (χ2v) is 4.69. The van der Waals surface area contributed by atoms with Crippen molar-refractivity contribution in [2.75, 3.05) is 23.0 Å². The van der Waals surface area contributed by atoms with Gasteiger partial charge in [0.2, 0.25) is 0 Å². The lowest BCUT2D eigenvalue weighted by Gasteiger charge is -2.22. The summed E-state index contributed by atoms with van der Waals surface area (Å²) in [6, 6.07) is 15.5. The van der Waals surface area contributed by atoms with E-state index in [1.165, 1.54) is 0 Å². The van der Waals surface area contributed by atoms with Crippen molar-refractivity contribution in [1.82, 2.24) is 0 Å². The van der Waals surface area contributed by atoms with Gasteiger partial charge in [0.15, 0.2) is 0 Å². The van der Waals surface area contributed by atoms with Crippen LogP contribution in [0.1, 0.15) is 5.56 Å². The Balaban J connectivity index is 1.81. The van der Waals surface area contributed by atoms with Crippen LogP contribution >= 0.6 is 0 Å². The van der Waals surface area contributed by atoms with Gasteiger partial charge in [0.25, 0.3) is 0 Å². The highest BCUT2D eigenvalue weighted by Crippen LogP contribution is 2.20. The normalized spacial score (nSPS) is 14.2. The lowest BCUT2D eigenvalue weighted by atomic mass is 10.1. The fourth-order valence-electron chi connectivity index (χ4n) is 2.17. The van der Waals surface area contributed by atoms with Gasteiger partial charge < -0.3 is 16.4 Å². The lowest BCUT2D eigenvalue weighted by Crippen LogP contribution is -2.21. The summed E-state index contributed by atoms with van der Waals surface area (Å²) < 4.78 is 0. The molecule has 0 unspecified atom stereocenters. The Kier molecular flexibility index (Phi) is 3.13. The van der Waals surface area contributed by atoms with Crippen LogP contribution in [0.3, 0.4) is 0 Å². The van der Waals surface area contributed by atoms with Crippen LogP contribution in [0.4, 0.5) is 17.1 Å². The van der Waals surface area contributed by atoms with Crippen molar-refractivity contribution in [2.24, 2.45) is 4.99 Å². The first-order valence-electron chi connectivity index (χ1n) is 6.43. The van der Waals surface area contributed by atoms with Crippen LogP contribution in [0.5, 0.6) is 0 Å². The van der Waals surface area contributed by atoms with E-state index in [-0.39, 0.29) is 0 Å². The molecular weight excluding hydrogens is 248 g/mol. The van der Waals surface area contributed by atoms with Crippen molar-refractivity contribution in [1.29, 1.82) is 0 Å². The fraction of sp³-hybridized carbons (Fsp3) is 0.0625. The van der Waals surface area contributed by atoms with E-state index >= 15 is 0 Å². The molecule has 0 aliphatic carbocycles. The number of nitrogen functional groups attached to an aromatic ring is 2. The highest BCUT2D eigenvalue weighted by Gasteiger charge is 2.09. The van der Waals surface area contributed by atoms with Gasteiger partial charge in [-0.1, -0.05) is 18.2 Å². The first-order chi connectivity index (χ1) is 9.72. The molecule has 0 aromatic heterocycles. The largest absolute Gasteiger partial charge is 0.399 e. The molecule has 100 valence electrons. The number of aliphatic imine (C=N–C) groups is 1. The van der Waals surface area contributed by atoms with Crippen LogP contribution in [0.25, 0.3) is 0 Å². The first-order valence-corrected chi connectivity index (χ1v) is 6.43. The highest BCUT2D eigenvalue weighted by atomic mass is 15.2. The smallest absolute Gasteiger partial charge is 0.115 e. The van der Waals surface area contributed by atoms with E-state index in [0.717, 1.165) is 28.3 Å². The van der Waals surface area contributed by atoms with E-state index in [2.05, 4.69) is 4.99 Å². The summed E-state index contributed by atoms with van der Waals surface area (Å²) in [5.41, 5.74) is 16.1. The second kappa shape index (κ2) is 5.09. The Morgan fingerprint density at radius 1 is 0.950 bits per heavy atom. The molecule has 1 aliphatic heterocycles. The predicted molar refractivity (Wildman–Crippen MR) is 84.7 cm³/mol. The van der Waals surface area contributed by atoms with E-state index in [9.17, 15) is 0 Å². The van der Waals surface area contributed by atoms with Crippen molar-refractivity contribution in [2.45, 2.75) is 0 Å². The minimum absolute atomic E-state index is 0.573. The van der Waals surface area contributed by atoms with E-state index < -0.39 is 0 Å². The van der Waals surface area contributed by atoms with Crippen molar-refractivity contribution in [3.8, 4) is 0 Å². The topological polar surface area (TPSA) is 67.6 Å². The number of nitrogens with zero attached hydrogens (tertiary/aromatic N) is 2. The van der Waals surface area contributed by atoms with Gasteiger partial charge in [-0.15, -0.1) is 0 Å². The van der Waals surface area contributed by atoms with E-state index in [0.29, 0.717) is 6.67 Å². The van der Waals surface area contributed by atoms with Gasteiger partial charge in [-0.2, -0.15) is 0 Å². The molecule has 4 nitrogen and oxygen atoms in total. The molecule has 2 aromatic rings. The third-order valence-corrected chi connectivity index (χ3v) is 3.19. The zero-order chi connectivity index (χ0) is 13.9. The quantitative estimate of drug-likeness (QED) is 0.819. The fourth-order valence-corrected chi connectivity index (χ4v) is 2.17. The number of hydrogen-bond acceptors (Lipinski definition) is 4. The number of anilines is 3. The molecule has 4 N–H and O–H groups in total. The summed E-state index contributed by atoms with van der Waals surface area (Å²) in [4.78, 5) is 6.64. The molecule has 4 heteroatoms. The van der Waals surface area contributed by atoms with Gasteiger partial charge in [0.1, 0.15) is 6.67 Å². The number of allylic oxidation sites excluding steroid dienone is 1. The summed E-state index contributed by atoms with van der Waals surface area (Å²) in [5.74, 6) is 0. The molecule has 0 fully saturated rings.